The highest BCUT2D eigenvalue weighted by Crippen LogP contribution is 2.35. The van der Waals surface area contributed by atoms with Crippen molar-refractivity contribution in [3.63, 3.8) is 0 Å². The molecule has 0 spiro atoms. The fourth-order valence-corrected chi connectivity index (χ4v) is 3.99. The molecule has 1 amide bonds. The highest BCUT2D eigenvalue weighted by Gasteiger charge is 2.29. The Morgan fingerprint density at radius 2 is 1.64 bits per heavy atom. The van der Waals surface area contributed by atoms with Gasteiger partial charge in [-0.3, -0.25) is 14.9 Å². The molecule has 36 heavy (non-hydrogen) atoms. The highest BCUT2D eigenvalue weighted by molar-refractivity contribution is 6.32. The third-order valence-corrected chi connectivity index (χ3v) is 5.78. The van der Waals surface area contributed by atoms with E-state index in [-0.39, 0.29) is 17.3 Å². The van der Waals surface area contributed by atoms with Gasteiger partial charge in [-0.05, 0) is 49.4 Å². The Kier molecular flexibility index (Phi) is 5.87. The minimum absolute atomic E-state index is 0.151. The van der Waals surface area contributed by atoms with E-state index < -0.39 is 4.92 Å². The first-order valence-electron chi connectivity index (χ1n) is 11.1. The van der Waals surface area contributed by atoms with E-state index in [0.29, 0.717) is 33.8 Å². The van der Waals surface area contributed by atoms with Crippen molar-refractivity contribution in [1.29, 1.82) is 0 Å². The Bertz CT molecular complexity index is 1520. The second-order valence-electron chi connectivity index (χ2n) is 8.05. The van der Waals surface area contributed by atoms with Gasteiger partial charge in [0, 0.05) is 23.4 Å². The van der Waals surface area contributed by atoms with E-state index in [1.165, 1.54) is 24.3 Å². The first-order valence-corrected chi connectivity index (χ1v) is 11.1. The summed E-state index contributed by atoms with van der Waals surface area (Å²) in [7, 11) is 1.38. The summed E-state index contributed by atoms with van der Waals surface area (Å²) in [4.78, 5) is 24.4. The van der Waals surface area contributed by atoms with Crippen LogP contribution in [0.1, 0.15) is 12.5 Å². The summed E-state index contributed by atoms with van der Waals surface area (Å²) >= 11 is 0. The molecule has 9 heteroatoms. The lowest BCUT2D eigenvalue weighted by molar-refractivity contribution is -0.385. The van der Waals surface area contributed by atoms with Crippen molar-refractivity contribution in [2.24, 2.45) is 5.10 Å². The van der Waals surface area contributed by atoms with Gasteiger partial charge in [-0.15, -0.1) is 0 Å². The molecule has 0 unspecified atom stereocenters. The number of carbonyl (C=O) groups is 1. The quantitative estimate of drug-likeness (QED) is 0.213. The number of para-hydroxylation sites is 2. The zero-order valence-corrected chi connectivity index (χ0v) is 19.5. The number of nitro benzene ring substituents is 1. The van der Waals surface area contributed by atoms with Crippen molar-refractivity contribution in [2.45, 2.75) is 6.92 Å². The molecule has 4 aromatic rings. The van der Waals surface area contributed by atoms with Crippen LogP contribution in [0.15, 0.2) is 95.7 Å². The van der Waals surface area contributed by atoms with Gasteiger partial charge in [-0.2, -0.15) is 15.2 Å². The van der Waals surface area contributed by atoms with Crippen molar-refractivity contribution in [1.82, 2.24) is 9.78 Å². The van der Waals surface area contributed by atoms with Crippen LogP contribution in [0, 0.1) is 10.1 Å². The van der Waals surface area contributed by atoms with Crippen molar-refractivity contribution in [3.05, 3.63) is 106 Å². The maximum atomic E-state index is 13.3. The number of hydrazone groups is 1. The van der Waals surface area contributed by atoms with Gasteiger partial charge in [0.1, 0.15) is 5.69 Å². The van der Waals surface area contributed by atoms with Crippen molar-refractivity contribution < 1.29 is 14.5 Å². The molecular weight excluding hydrogens is 458 g/mol. The third-order valence-electron chi connectivity index (χ3n) is 5.78. The number of rotatable bonds is 6. The molecule has 1 aliphatic heterocycles. The summed E-state index contributed by atoms with van der Waals surface area (Å²) < 4.78 is 6.83. The van der Waals surface area contributed by atoms with Crippen molar-refractivity contribution in [2.75, 3.05) is 12.1 Å². The largest absolute Gasteiger partial charge is 0.490 e. The molecule has 0 radical (unpaired) electrons. The van der Waals surface area contributed by atoms with Gasteiger partial charge >= 0.3 is 5.69 Å². The monoisotopic (exact) mass is 479 g/mol. The second-order valence-corrected chi connectivity index (χ2v) is 8.05. The number of nitro groups is 1. The summed E-state index contributed by atoms with van der Waals surface area (Å²) in [6.07, 6.45) is 3.52. The molecule has 0 N–H and O–H groups in total. The third kappa shape index (κ3) is 4.14. The number of methoxy groups -OCH3 is 1. The number of benzene rings is 3. The number of aromatic nitrogens is 2. The lowest BCUT2D eigenvalue weighted by Gasteiger charge is -2.11. The van der Waals surface area contributed by atoms with Gasteiger partial charge in [0.2, 0.25) is 0 Å². The molecule has 0 bridgehead atoms. The maximum Gasteiger partial charge on any atom is 0.311 e. The summed E-state index contributed by atoms with van der Waals surface area (Å²) in [6, 6.07) is 23.3. The topological polar surface area (TPSA) is 103 Å². The minimum Gasteiger partial charge on any atom is -0.490 e. The summed E-state index contributed by atoms with van der Waals surface area (Å²) in [5.41, 5.74) is 3.88. The number of amides is 1. The fraction of sp³-hybridized carbons (Fsp3) is 0.0741. The Balaban J connectivity index is 1.64. The zero-order chi connectivity index (χ0) is 25.2. The van der Waals surface area contributed by atoms with Gasteiger partial charge in [-0.25, -0.2) is 4.68 Å². The Labute approximate surface area is 206 Å². The van der Waals surface area contributed by atoms with Crippen LogP contribution in [0.3, 0.4) is 0 Å². The first kappa shape index (κ1) is 22.7. The van der Waals surface area contributed by atoms with Gasteiger partial charge in [0.25, 0.3) is 5.91 Å². The molecule has 0 aliphatic carbocycles. The summed E-state index contributed by atoms with van der Waals surface area (Å²) in [6.45, 7) is 1.77. The number of carbonyl (C=O) groups excluding carboxylic acids is 1. The maximum absolute atomic E-state index is 13.3. The summed E-state index contributed by atoms with van der Waals surface area (Å²) in [5, 5.41) is 22.2. The van der Waals surface area contributed by atoms with Crippen LogP contribution in [0.2, 0.25) is 0 Å². The standard InChI is InChI=1S/C27H21N5O4/c1-18-23(27(33)31(28-18)22-11-7-4-8-12-22)15-20-17-30(21-9-5-3-6-10-21)29-26(20)19-13-14-25(36-2)24(16-19)32(34)35/h3-17H,1-2H3/b23-15-. The van der Waals surface area contributed by atoms with E-state index >= 15 is 0 Å². The minimum atomic E-state index is -0.496. The van der Waals surface area contributed by atoms with Gasteiger partial charge in [-0.1, -0.05) is 36.4 Å². The highest BCUT2D eigenvalue weighted by atomic mass is 16.6. The molecule has 3 aromatic carbocycles. The molecule has 5 rings (SSSR count). The Morgan fingerprint density at radius 1 is 0.972 bits per heavy atom. The van der Waals surface area contributed by atoms with Gasteiger partial charge in [0.05, 0.1) is 34.7 Å². The number of hydrogen-bond acceptors (Lipinski definition) is 6. The summed E-state index contributed by atoms with van der Waals surface area (Å²) in [5.74, 6) is -0.114. The Morgan fingerprint density at radius 3 is 2.28 bits per heavy atom. The van der Waals surface area contributed by atoms with Crippen molar-refractivity contribution in [3.8, 4) is 22.7 Å². The van der Waals surface area contributed by atoms with E-state index in [9.17, 15) is 14.9 Å². The number of ether oxygens (including phenoxy) is 1. The number of hydrogen-bond donors (Lipinski definition) is 0. The average molecular weight is 479 g/mol. The Hall–Kier alpha value is -5.05. The van der Waals surface area contributed by atoms with Crippen LogP contribution >= 0.6 is 0 Å². The van der Waals surface area contributed by atoms with Crippen LogP contribution in [-0.4, -0.2) is 33.4 Å². The normalized spacial score (nSPS) is 14.3. The predicted molar refractivity (Wildman–Crippen MR) is 137 cm³/mol. The van der Waals surface area contributed by atoms with Crippen molar-refractivity contribution >= 4 is 29.1 Å². The molecule has 0 saturated carbocycles. The predicted octanol–water partition coefficient (Wildman–Crippen LogP) is 5.26. The van der Waals surface area contributed by atoms with E-state index in [4.69, 9.17) is 9.84 Å². The fourth-order valence-electron chi connectivity index (χ4n) is 3.99. The van der Waals surface area contributed by atoms with E-state index in [2.05, 4.69) is 5.10 Å². The van der Waals surface area contributed by atoms with Crippen LogP contribution in [0.5, 0.6) is 5.75 Å². The number of anilines is 1. The van der Waals surface area contributed by atoms with E-state index in [0.717, 1.165) is 5.69 Å². The molecule has 178 valence electrons. The molecule has 9 nitrogen and oxygen atoms in total. The SMILES string of the molecule is COc1ccc(-c2nn(-c3ccccc3)cc2/C=C2\C(=O)N(c3ccccc3)N=C2C)cc1[N+](=O)[O-]. The van der Waals surface area contributed by atoms with Gasteiger partial charge < -0.3 is 4.74 Å². The molecule has 1 aliphatic rings. The van der Waals surface area contributed by atoms with Crippen LogP contribution in [0.25, 0.3) is 23.0 Å². The molecular formula is C27H21N5O4. The lowest BCUT2D eigenvalue weighted by Crippen LogP contribution is -2.21. The van der Waals surface area contributed by atoms with Crippen LogP contribution < -0.4 is 9.75 Å². The zero-order valence-electron chi connectivity index (χ0n) is 19.5. The second kappa shape index (κ2) is 9.30. The molecule has 0 atom stereocenters. The molecule has 0 saturated heterocycles. The molecule has 0 fully saturated rings. The van der Waals surface area contributed by atoms with Gasteiger partial charge in [0.15, 0.2) is 5.75 Å². The lowest BCUT2D eigenvalue weighted by atomic mass is 10.0. The molecule has 2 heterocycles. The first-order chi connectivity index (χ1) is 17.5. The van der Waals surface area contributed by atoms with Crippen LogP contribution in [-0.2, 0) is 4.79 Å². The molecule has 1 aromatic heterocycles. The smallest absolute Gasteiger partial charge is 0.311 e. The van der Waals surface area contributed by atoms with E-state index in [1.54, 1.807) is 29.9 Å². The van der Waals surface area contributed by atoms with E-state index in [1.807, 2.05) is 60.7 Å². The average Bonchev–Trinajstić information content (AvgIpc) is 3.46. The van der Waals surface area contributed by atoms with Crippen LogP contribution in [0.4, 0.5) is 11.4 Å². The number of nitrogens with zero attached hydrogens (tertiary/aromatic N) is 5.